The van der Waals surface area contributed by atoms with Gasteiger partial charge in [-0.2, -0.15) is 0 Å². The number of nitrogens with zero attached hydrogens (tertiary/aromatic N) is 1. The van der Waals surface area contributed by atoms with Crippen molar-refractivity contribution in [3.63, 3.8) is 0 Å². The van der Waals surface area contributed by atoms with Crippen LogP contribution in [0.15, 0.2) is 0 Å². The Bertz CT molecular complexity index is 219. The highest BCUT2D eigenvalue weighted by molar-refractivity contribution is 5.85. The predicted molar refractivity (Wildman–Crippen MR) is 62.3 cm³/mol. The molecule has 2 saturated heterocycles. The maximum Gasteiger partial charge on any atom is 0.239 e. The minimum absolute atomic E-state index is 0. The summed E-state index contributed by atoms with van der Waals surface area (Å²) in [5.41, 5.74) is 0. The van der Waals surface area contributed by atoms with Crippen molar-refractivity contribution in [2.24, 2.45) is 0 Å². The Balaban J connectivity index is 0.00000112. The van der Waals surface area contributed by atoms with E-state index >= 15 is 0 Å². The average Bonchev–Trinajstić information content (AvgIpc) is 2.69. The molecule has 4 nitrogen and oxygen atoms in total. The molecule has 0 aromatic carbocycles. The second-order valence-electron chi connectivity index (χ2n) is 4.29. The molecule has 88 valence electrons. The van der Waals surface area contributed by atoms with Crippen LogP contribution >= 0.6 is 12.4 Å². The second-order valence-corrected chi connectivity index (χ2v) is 4.29. The van der Waals surface area contributed by atoms with Crippen LogP contribution < -0.4 is 10.6 Å². The molecule has 0 spiro atoms. The van der Waals surface area contributed by atoms with Crippen molar-refractivity contribution < 1.29 is 4.79 Å². The lowest BCUT2D eigenvalue weighted by atomic mass is 10.1. The van der Waals surface area contributed by atoms with Crippen molar-refractivity contribution in [1.29, 1.82) is 0 Å². The molecule has 2 N–H and O–H groups in total. The Kier molecular flexibility index (Phi) is 4.83. The lowest BCUT2D eigenvalue weighted by Gasteiger charge is -2.33. The monoisotopic (exact) mass is 233 g/mol. The summed E-state index contributed by atoms with van der Waals surface area (Å²) >= 11 is 0. The third-order valence-corrected chi connectivity index (χ3v) is 3.04. The van der Waals surface area contributed by atoms with Gasteiger partial charge in [0.1, 0.15) is 0 Å². The van der Waals surface area contributed by atoms with E-state index in [9.17, 15) is 4.79 Å². The average molecular weight is 234 g/mol. The molecule has 2 rings (SSSR count). The number of piperazine rings is 1. The normalized spacial score (nSPS) is 31.1. The molecule has 1 amide bonds. The maximum absolute atomic E-state index is 12.0. The van der Waals surface area contributed by atoms with Gasteiger partial charge in [-0.25, -0.2) is 0 Å². The summed E-state index contributed by atoms with van der Waals surface area (Å²) in [5.74, 6) is 0.302. The molecule has 0 bridgehead atoms. The summed E-state index contributed by atoms with van der Waals surface area (Å²) in [5, 5.41) is 6.60. The van der Waals surface area contributed by atoms with E-state index in [1.54, 1.807) is 0 Å². The molecule has 0 saturated carbocycles. The van der Waals surface area contributed by atoms with Crippen LogP contribution in [0.3, 0.4) is 0 Å². The van der Waals surface area contributed by atoms with Crippen LogP contribution in [0.5, 0.6) is 0 Å². The molecule has 5 heteroatoms. The zero-order valence-electron chi connectivity index (χ0n) is 9.16. The standard InChI is InChI=1S/C10H19N3O.ClH/c1-8-7-13(6-5-11-8)10(14)9-3-2-4-12-9;/h8-9,11-12H,2-7H2,1H3;1H/t8-,9-;/m0./s1. The topological polar surface area (TPSA) is 44.4 Å². The number of halogens is 1. The first-order chi connectivity index (χ1) is 6.77. The Labute approximate surface area is 97.2 Å². The van der Waals surface area contributed by atoms with Gasteiger partial charge in [0.25, 0.3) is 0 Å². The number of carbonyl (C=O) groups is 1. The number of carbonyl (C=O) groups excluding carboxylic acids is 1. The minimum Gasteiger partial charge on any atom is -0.339 e. The first kappa shape index (κ1) is 12.7. The van der Waals surface area contributed by atoms with Gasteiger partial charge in [0.15, 0.2) is 0 Å². The van der Waals surface area contributed by atoms with Gasteiger partial charge >= 0.3 is 0 Å². The zero-order valence-corrected chi connectivity index (χ0v) is 9.98. The summed E-state index contributed by atoms with van der Waals surface area (Å²) in [6.07, 6.45) is 2.15. The minimum atomic E-state index is 0. The van der Waals surface area contributed by atoms with Crippen LogP contribution in [0.1, 0.15) is 19.8 Å². The molecule has 0 unspecified atom stereocenters. The lowest BCUT2D eigenvalue weighted by molar-refractivity contribution is -0.134. The van der Waals surface area contributed by atoms with E-state index in [0.29, 0.717) is 11.9 Å². The van der Waals surface area contributed by atoms with Gasteiger partial charge in [0.05, 0.1) is 6.04 Å². The molecule has 2 aliphatic rings. The molecule has 0 radical (unpaired) electrons. The fourth-order valence-corrected chi connectivity index (χ4v) is 2.25. The molecule has 2 fully saturated rings. The first-order valence-corrected chi connectivity index (χ1v) is 5.53. The molecule has 2 aliphatic heterocycles. The third kappa shape index (κ3) is 3.06. The van der Waals surface area contributed by atoms with Gasteiger partial charge in [-0.05, 0) is 26.3 Å². The molecule has 2 atom stereocenters. The highest BCUT2D eigenvalue weighted by Gasteiger charge is 2.28. The quantitative estimate of drug-likeness (QED) is 0.669. The van der Waals surface area contributed by atoms with E-state index in [4.69, 9.17) is 0 Å². The van der Waals surface area contributed by atoms with E-state index in [0.717, 1.165) is 39.0 Å². The van der Waals surface area contributed by atoms with Gasteiger partial charge in [-0.3, -0.25) is 4.79 Å². The molecule has 15 heavy (non-hydrogen) atoms. The summed E-state index contributed by atoms with van der Waals surface area (Å²) < 4.78 is 0. The molecular formula is C10H20ClN3O. The van der Waals surface area contributed by atoms with E-state index in [1.807, 2.05) is 4.90 Å². The highest BCUT2D eigenvalue weighted by Crippen LogP contribution is 2.10. The van der Waals surface area contributed by atoms with Crippen LogP contribution in [0.25, 0.3) is 0 Å². The van der Waals surface area contributed by atoms with Gasteiger partial charge in [-0.1, -0.05) is 0 Å². The van der Waals surface area contributed by atoms with Crippen LogP contribution in [-0.4, -0.2) is 49.1 Å². The van der Waals surface area contributed by atoms with Crippen LogP contribution in [-0.2, 0) is 4.79 Å². The van der Waals surface area contributed by atoms with Crippen molar-refractivity contribution in [3.05, 3.63) is 0 Å². The van der Waals surface area contributed by atoms with Crippen molar-refractivity contribution >= 4 is 18.3 Å². The van der Waals surface area contributed by atoms with Gasteiger partial charge < -0.3 is 15.5 Å². The largest absolute Gasteiger partial charge is 0.339 e. The Morgan fingerprint density at radius 3 is 2.73 bits per heavy atom. The molecule has 0 aromatic heterocycles. The smallest absolute Gasteiger partial charge is 0.239 e. The van der Waals surface area contributed by atoms with E-state index in [1.165, 1.54) is 0 Å². The summed E-state index contributed by atoms with van der Waals surface area (Å²) in [6.45, 7) is 5.78. The highest BCUT2D eigenvalue weighted by atomic mass is 35.5. The molecular weight excluding hydrogens is 214 g/mol. The zero-order chi connectivity index (χ0) is 9.97. The van der Waals surface area contributed by atoms with Crippen LogP contribution in [0.2, 0.25) is 0 Å². The van der Waals surface area contributed by atoms with Gasteiger partial charge in [-0.15, -0.1) is 12.4 Å². The van der Waals surface area contributed by atoms with E-state index in [-0.39, 0.29) is 18.4 Å². The molecule has 2 heterocycles. The number of rotatable bonds is 1. The number of nitrogens with one attached hydrogen (secondary N) is 2. The Morgan fingerprint density at radius 1 is 1.33 bits per heavy atom. The fraction of sp³-hybridized carbons (Fsp3) is 0.900. The SMILES string of the molecule is C[C@H]1CN(C(=O)[C@@H]2CCCN2)CCN1.Cl. The predicted octanol–water partition coefficient (Wildman–Crippen LogP) is -0.0195. The van der Waals surface area contributed by atoms with Crippen molar-refractivity contribution in [2.45, 2.75) is 31.8 Å². The van der Waals surface area contributed by atoms with Gasteiger partial charge in [0, 0.05) is 25.7 Å². The van der Waals surface area contributed by atoms with Gasteiger partial charge in [0.2, 0.25) is 5.91 Å². The lowest BCUT2D eigenvalue weighted by Crippen LogP contribution is -2.55. The summed E-state index contributed by atoms with van der Waals surface area (Å²) in [4.78, 5) is 14.0. The maximum atomic E-state index is 12.0. The van der Waals surface area contributed by atoms with Crippen LogP contribution in [0, 0.1) is 0 Å². The van der Waals surface area contributed by atoms with E-state index < -0.39 is 0 Å². The van der Waals surface area contributed by atoms with Crippen molar-refractivity contribution in [1.82, 2.24) is 15.5 Å². The summed E-state index contributed by atoms with van der Waals surface area (Å²) in [7, 11) is 0. The fourth-order valence-electron chi connectivity index (χ4n) is 2.25. The number of amides is 1. The Hall–Kier alpha value is -0.320. The molecule has 0 aromatic rings. The second kappa shape index (κ2) is 5.68. The van der Waals surface area contributed by atoms with Crippen molar-refractivity contribution in [3.8, 4) is 0 Å². The number of hydrogen-bond donors (Lipinski definition) is 2. The van der Waals surface area contributed by atoms with Crippen LogP contribution in [0.4, 0.5) is 0 Å². The molecule has 0 aliphatic carbocycles. The first-order valence-electron chi connectivity index (χ1n) is 5.53. The van der Waals surface area contributed by atoms with Crippen molar-refractivity contribution in [2.75, 3.05) is 26.2 Å². The summed E-state index contributed by atoms with van der Waals surface area (Å²) in [6, 6.07) is 0.536. The van der Waals surface area contributed by atoms with E-state index in [2.05, 4.69) is 17.6 Å². The number of hydrogen-bond acceptors (Lipinski definition) is 3. The Morgan fingerprint density at radius 2 is 2.13 bits per heavy atom. The third-order valence-electron chi connectivity index (χ3n) is 3.04.